The minimum absolute atomic E-state index is 0.118. The predicted octanol–water partition coefficient (Wildman–Crippen LogP) is 1.39. The number of hydrogen-bond acceptors (Lipinski definition) is 4. The van der Waals surface area contributed by atoms with Crippen LogP contribution in [0.1, 0.15) is 23.3 Å². The summed E-state index contributed by atoms with van der Waals surface area (Å²) in [5.74, 6) is -0.673. The van der Waals surface area contributed by atoms with Gasteiger partial charge in [-0.15, -0.1) is 0 Å². The van der Waals surface area contributed by atoms with E-state index < -0.39 is 11.9 Å². The van der Waals surface area contributed by atoms with E-state index in [9.17, 15) is 14.4 Å². The van der Waals surface area contributed by atoms with Crippen LogP contribution in [-0.2, 0) is 4.79 Å². The average molecular weight is 362 g/mol. The third-order valence-corrected chi connectivity index (χ3v) is 4.61. The maximum absolute atomic E-state index is 12.9. The number of aromatic nitrogens is 2. The molecule has 2 N–H and O–H groups in total. The Morgan fingerprint density at radius 2 is 1.74 bits per heavy atom. The fourth-order valence-electron chi connectivity index (χ4n) is 3.24. The number of nitrogens with one attached hydrogen (secondary N) is 2. The number of hydrogen-bond donors (Lipinski definition) is 2. The summed E-state index contributed by atoms with van der Waals surface area (Å²) in [4.78, 5) is 37.7. The number of para-hydroxylation sites is 1. The summed E-state index contributed by atoms with van der Waals surface area (Å²) in [7, 11) is 0. The van der Waals surface area contributed by atoms with E-state index in [4.69, 9.17) is 0 Å². The highest BCUT2D eigenvalue weighted by Crippen LogP contribution is 2.16. The first-order valence-corrected chi connectivity index (χ1v) is 8.81. The van der Waals surface area contributed by atoms with Crippen molar-refractivity contribution in [1.29, 1.82) is 0 Å². The molecule has 0 spiro atoms. The molecule has 1 aliphatic rings. The molecule has 3 aromatic rings. The van der Waals surface area contributed by atoms with E-state index in [1.165, 1.54) is 4.68 Å². The van der Waals surface area contributed by atoms with Crippen LogP contribution < -0.4 is 16.2 Å². The zero-order valence-electron chi connectivity index (χ0n) is 14.5. The first-order chi connectivity index (χ1) is 13.1. The molecule has 1 aliphatic heterocycles. The van der Waals surface area contributed by atoms with Crippen LogP contribution in [0.4, 0.5) is 0 Å². The number of rotatable bonds is 3. The highest BCUT2D eigenvalue weighted by molar-refractivity contribution is 6.06. The molecule has 136 valence electrons. The second kappa shape index (κ2) is 7.03. The van der Waals surface area contributed by atoms with Crippen LogP contribution in [0.3, 0.4) is 0 Å². The van der Waals surface area contributed by atoms with Crippen molar-refractivity contribution >= 4 is 22.6 Å². The van der Waals surface area contributed by atoms with Crippen LogP contribution in [0.5, 0.6) is 0 Å². The second-order valence-electron chi connectivity index (χ2n) is 6.41. The minimum atomic E-state index is -0.594. The third-order valence-electron chi connectivity index (χ3n) is 4.61. The maximum atomic E-state index is 12.9. The van der Waals surface area contributed by atoms with Gasteiger partial charge >= 0.3 is 0 Å². The zero-order valence-corrected chi connectivity index (χ0v) is 14.5. The molecule has 27 heavy (non-hydrogen) atoms. The molecule has 1 atom stereocenters. The molecule has 0 bridgehead atoms. The molecular weight excluding hydrogens is 344 g/mol. The van der Waals surface area contributed by atoms with Gasteiger partial charge < -0.3 is 10.6 Å². The standard InChI is InChI=1S/C20H18N4O3/c25-18-16(11-6-12-21-18)22-19(26)17-14-9-4-5-10-15(14)20(27)24(23-17)13-7-2-1-3-8-13/h1-5,7-10,16H,6,11-12H2,(H,21,25)(H,22,26). The molecule has 2 heterocycles. The minimum Gasteiger partial charge on any atom is -0.354 e. The third kappa shape index (κ3) is 3.19. The summed E-state index contributed by atoms with van der Waals surface area (Å²) in [6.07, 6.45) is 1.38. The SMILES string of the molecule is O=C(NC1CCCNC1=O)c1nn(-c2ccccc2)c(=O)c2ccccc12. The number of amides is 2. The Bertz CT molecular complexity index is 1080. The molecule has 0 saturated carbocycles. The first-order valence-electron chi connectivity index (χ1n) is 8.81. The second-order valence-corrected chi connectivity index (χ2v) is 6.41. The Labute approximate surface area is 155 Å². The Morgan fingerprint density at radius 1 is 1.04 bits per heavy atom. The predicted molar refractivity (Wildman–Crippen MR) is 101 cm³/mol. The Hall–Kier alpha value is -3.48. The van der Waals surface area contributed by atoms with Gasteiger partial charge in [0.1, 0.15) is 6.04 Å². The molecule has 7 nitrogen and oxygen atoms in total. The molecule has 7 heteroatoms. The highest BCUT2D eigenvalue weighted by atomic mass is 16.2. The van der Waals surface area contributed by atoms with Crippen LogP contribution >= 0.6 is 0 Å². The first kappa shape index (κ1) is 17.0. The van der Waals surface area contributed by atoms with E-state index in [1.807, 2.05) is 6.07 Å². The molecule has 0 aliphatic carbocycles. The van der Waals surface area contributed by atoms with Crippen molar-refractivity contribution in [3.63, 3.8) is 0 Å². The lowest BCUT2D eigenvalue weighted by molar-refractivity contribution is -0.124. The number of carbonyl (C=O) groups excluding carboxylic acids is 2. The summed E-state index contributed by atoms with van der Waals surface area (Å²) in [6.45, 7) is 0.616. The van der Waals surface area contributed by atoms with E-state index in [1.54, 1.807) is 48.5 Å². The van der Waals surface area contributed by atoms with Gasteiger partial charge in [0.25, 0.3) is 11.5 Å². The summed E-state index contributed by atoms with van der Waals surface area (Å²) < 4.78 is 1.22. The smallest absolute Gasteiger partial charge is 0.279 e. The van der Waals surface area contributed by atoms with Crippen molar-refractivity contribution in [2.24, 2.45) is 0 Å². The fourth-order valence-corrected chi connectivity index (χ4v) is 3.24. The molecular formula is C20H18N4O3. The van der Waals surface area contributed by atoms with Gasteiger partial charge in [-0.25, -0.2) is 0 Å². The van der Waals surface area contributed by atoms with E-state index in [0.29, 0.717) is 29.4 Å². The van der Waals surface area contributed by atoms with Crippen molar-refractivity contribution in [3.05, 3.63) is 70.6 Å². The lowest BCUT2D eigenvalue weighted by Crippen LogP contribution is -2.50. The molecule has 2 aromatic carbocycles. The van der Waals surface area contributed by atoms with E-state index >= 15 is 0 Å². The van der Waals surface area contributed by atoms with Gasteiger partial charge in [-0.05, 0) is 31.0 Å². The van der Waals surface area contributed by atoms with Crippen LogP contribution in [0, 0.1) is 0 Å². The van der Waals surface area contributed by atoms with Crippen molar-refractivity contribution in [3.8, 4) is 5.69 Å². The molecule has 1 aromatic heterocycles. The van der Waals surface area contributed by atoms with Gasteiger partial charge in [0.15, 0.2) is 5.69 Å². The van der Waals surface area contributed by atoms with Crippen LogP contribution in [0.25, 0.3) is 16.5 Å². The van der Waals surface area contributed by atoms with Crippen LogP contribution in [0.2, 0.25) is 0 Å². The van der Waals surface area contributed by atoms with Crippen molar-refractivity contribution in [1.82, 2.24) is 20.4 Å². The number of nitrogens with zero attached hydrogens (tertiary/aromatic N) is 2. The average Bonchev–Trinajstić information content (AvgIpc) is 2.71. The Kier molecular flexibility index (Phi) is 4.42. The van der Waals surface area contributed by atoms with E-state index in [-0.39, 0.29) is 17.2 Å². The van der Waals surface area contributed by atoms with Gasteiger partial charge in [0.05, 0.1) is 11.1 Å². The highest BCUT2D eigenvalue weighted by Gasteiger charge is 2.26. The topological polar surface area (TPSA) is 93.1 Å². The monoisotopic (exact) mass is 362 g/mol. The summed E-state index contributed by atoms with van der Waals surface area (Å²) >= 11 is 0. The summed E-state index contributed by atoms with van der Waals surface area (Å²) in [5, 5.41) is 10.7. The van der Waals surface area contributed by atoms with Crippen molar-refractivity contribution < 1.29 is 9.59 Å². The van der Waals surface area contributed by atoms with Crippen molar-refractivity contribution in [2.75, 3.05) is 6.54 Å². The number of benzene rings is 2. The fraction of sp³-hybridized carbons (Fsp3) is 0.200. The molecule has 1 unspecified atom stereocenters. The van der Waals surface area contributed by atoms with Gasteiger partial charge in [0.2, 0.25) is 5.91 Å². The van der Waals surface area contributed by atoms with Crippen LogP contribution in [0.15, 0.2) is 59.4 Å². The normalized spacial score (nSPS) is 16.7. The largest absolute Gasteiger partial charge is 0.354 e. The number of fused-ring (bicyclic) bond motifs is 1. The van der Waals surface area contributed by atoms with Gasteiger partial charge in [0, 0.05) is 11.9 Å². The van der Waals surface area contributed by atoms with Gasteiger partial charge in [-0.3, -0.25) is 14.4 Å². The molecule has 1 fully saturated rings. The molecule has 0 radical (unpaired) electrons. The quantitative estimate of drug-likeness (QED) is 0.736. The lowest BCUT2D eigenvalue weighted by atomic mass is 10.1. The van der Waals surface area contributed by atoms with Crippen molar-refractivity contribution in [2.45, 2.75) is 18.9 Å². The van der Waals surface area contributed by atoms with E-state index in [2.05, 4.69) is 15.7 Å². The molecule has 1 saturated heterocycles. The Morgan fingerprint density at radius 3 is 2.48 bits per heavy atom. The Balaban J connectivity index is 1.82. The number of piperidine rings is 1. The van der Waals surface area contributed by atoms with Gasteiger partial charge in [-0.1, -0.05) is 36.4 Å². The zero-order chi connectivity index (χ0) is 18.8. The van der Waals surface area contributed by atoms with E-state index in [0.717, 1.165) is 6.42 Å². The molecule has 4 rings (SSSR count). The summed E-state index contributed by atoms with van der Waals surface area (Å²) in [5.41, 5.74) is 0.383. The van der Waals surface area contributed by atoms with Gasteiger partial charge in [-0.2, -0.15) is 9.78 Å². The molecule has 2 amide bonds. The lowest BCUT2D eigenvalue weighted by Gasteiger charge is -2.22. The number of carbonyl (C=O) groups is 2. The maximum Gasteiger partial charge on any atom is 0.279 e. The van der Waals surface area contributed by atoms with Crippen LogP contribution in [-0.4, -0.2) is 34.2 Å². The summed E-state index contributed by atoms with van der Waals surface area (Å²) in [6, 6.07) is 15.2.